The van der Waals surface area contributed by atoms with Crippen LogP contribution in [0.5, 0.6) is 0 Å². The van der Waals surface area contributed by atoms with E-state index in [1.54, 1.807) is 4.52 Å². The molecule has 1 aliphatic rings. The summed E-state index contributed by atoms with van der Waals surface area (Å²) < 4.78 is 25.0. The van der Waals surface area contributed by atoms with Gasteiger partial charge in [-0.1, -0.05) is 11.6 Å². The van der Waals surface area contributed by atoms with Crippen molar-refractivity contribution in [2.24, 2.45) is 0 Å². The zero-order valence-corrected chi connectivity index (χ0v) is 12.7. The van der Waals surface area contributed by atoms with E-state index in [4.69, 9.17) is 11.6 Å². The minimum Gasteiger partial charge on any atom is -0.351 e. The summed E-state index contributed by atoms with van der Waals surface area (Å²) in [5, 5.41) is 4.52. The summed E-state index contributed by atoms with van der Waals surface area (Å²) in [6.45, 7) is 4.15. The molecule has 1 atom stereocenters. The molecular formula is C11H14ClN5O2S. The van der Waals surface area contributed by atoms with Crippen molar-refractivity contribution in [2.45, 2.75) is 19.9 Å². The van der Waals surface area contributed by atoms with Crippen LogP contribution in [0, 0.1) is 6.92 Å². The number of hydrogen-bond donors (Lipinski definition) is 0. The number of fused-ring (bicyclic) bond motifs is 1. The standard InChI is InChI=1S/C11H14ClN5O2S/c1-7-5-20(18,19)4-3-16(7)10-8(2)9(12)15-11-13-6-14-17(10)11/h6-7H,3-5H2,1-2H3. The molecule has 0 radical (unpaired) electrons. The second-order valence-electron chi connectivity index (χ2n) is 4.98. The minimum absolute atomic E-state index is 0.128. The third-order valence-electron chi connectivity index (χ3n) is 3.52. The molecule has 20 heavy (non-hydrogen) atoms. The van der Waals surface area contributed by atoms with Crippen LogP contribution < -0.4 is 4.90 Å². The van der Waals surface area contributed by atoms with Gasteiger partial charge < -0.3 is 4.90 Å². The Morgan fingerprint density at radius 1 is 1.45 bits per heavy atom. The average molecular weight is 316 g/mol. The lowest BCUT2D eigenvalue weighted by molar-refractivity contribution is 0.564. The number of aromatic nitrogens is 4. The maximum absolute atomic E-state index is 11.7. The molecule has 0 spiro atoms. The summed E-state index contributed by atoms with van der Waals surface area (Å²) in [6.07, 6.45) is 1.41. The number of nitrogens with zero attached hydrogens (tertiary/aromatic N) is 5. The molecule has 2 aromatic heterocycles. The Kier molecular flexibility index (Phi) is 3.09. The fourth-order valence-electron chi connectivity index (χ4n) is 2.53. The van der Waals surface area contributed by atoms with Gasteiger partial charge in [0.15, 0.2) is 9.84 Å². The highest BCUT2D eigenvalue weighted by Crippen LogP contribution is 2.28. The average Bonchev–Trinajstić information content (AvgIpc) is 2.79. The smallest absolute Gasteiger partial charge is 0.255 e. The lowest BCUT2D eigenvalue weighted by atomic mass is 10.2. The second-order valence-corrected chi connectivity index (χ2v) is 7.57. The van der Waals surface area contributed by atoms with Crippen LogP contribution in [0.2, 0.25) is 5.15 Å². The number of rotatable bonds is 1. The van der Waals surface area contributed by atoms with Gasteiger partial charge in [-0.15, -0.1) is 0 Å². The number of sulfone groups is 1. The number of hydrogen-bond acceptors (Lipinski definition) is 6. The van der Waals surface area contributed by atoms with Crippen molar-refractivity contribution in [1.29, 1.82) is 0 Å². The highest BCUT2D eigenvalue weighted by molar-refractivity contribution is 7.91. The fourth-order valence-corrected chi connectivity index (χ4v) is 4.25. The van der Waals surface area contributed by atoms with Crippen LogP contribution >= 0.6 is 11.6 Å². The maximum atomic E-state index is 11.7. The Morgan fingerprint density at radius 3 is 2.90 bits per heavy atom. The lowest BCUT2D eigenvalue weighted by Gasteiger charge is -2.35. The van der Waals surface area contributed by atoms with E-state index in [1.165, 1.54) is 6.33 Å². The summed E-state index contributed by atoms with van der Waals surface area (Å²) >= 11 is 6.14. The Labute approximate surface area is 121 Å². The molecule has 108 valence electrons. The van der Waals surface area contributed by atoms with Crippen molar-refractivity contribution in [2.75, 3.05) is 23.0 Å². The fraction of sp³-hybridized carbons (Fsp3) is 0.545. The van der Waals surface area contributed by atoms with E-state index in [0.29, 0.717) is 17.5 Å². The summed E-state index contributed by atoms with van der Waals surface area (Å²) in [5.74, 6) is 1.44. The molecule has 0 aromatic carbocycles. The number of halogens is 1. The van der Waals surface area contributed by atoms with Crippen LogP contribution in [0.1, 0.15) is 12.5 Å². The van der Waals surface area contributed by atoms with Gasteiger partial charge in [0.25, 0.3) is 5.78 Å². The van der Waals surface area contributed by atoms with Crippen molar-refractivity contribution in [3.63, 3.8) is 0 Å². The van der Waals surface area contributed by atoms with Crippen molar-refractivity contribution >= 4 is 33.0 Å². The van der Waals surface area contributed by atoms with Gasteiger partial charge in [0, 0.05) is 18.2 Å². The first kappa shape index (κ1) is 13.6. The molecule has 0 amide bonds. The van der Waals surface area contributed by atoms with E-state index in [1.807, 2.05) is 18.7 Å². The Bertz CT molecular complexity index is 772. The molecule has 1 aliphatic heterocycles. The van der Waals surface area contributed by atoms with E-state index in [-0.39, 0.29) is 17.5 Å². The molecule has 0 saturated carbocycles. The first-order valence-electron chi connectivity index (χ1n) is 6.22. The molecule has 0 aliphatic carbocycles. The molecule has 7 nitrogen and oxygen atoms in total. The molecule has 0 N–H and O–H groups in total. The van der Waals surface area contributed by atoms with Gasteiger partial charge in [-0.2, -0.15) is 19.6 Å². The molecule has 1 fully saturated rings. The molecule has 1 saturated heterocycles. The summed E-state index contributed by atoms with van der Waals surface area (Å²) in [6, 6.07) is -0.140. The summed E-state index contributed by atoms with van der Waals surface area (Å²) in [7, 11) is -2.97. The SMILES string of the molecule is Cc1c(Cl)nc2ncnn2c1N1CCS(=O)(=O)CC1C. The normalized spacial score (nSPS) is 22.4. The lowest BCUT2D eigenvalue weighted by Crippen LogP contribution is -2.48. The van der Waals surface area contributed by atoms with Crippen LogP contribution in [-0.2, 0) is 9.84 Å². The van der Waals surface area contributed by atoms with Gasteiger partial charge in [-0.3, -0.25) is 0 Å². The van der Waals surface area contributed by atoms with Crippen LogP contribution in [-0.4, -0.2) is 52.1 Å². The Balaban J connectivity index is 2.15. The monoisotopic (exact) mass is 315 g/mol. The summed E-state index contributed by atoms with van der Waals surface area (Å²) in [4.78, 5) is 10.2. The van der Waals surface area contributed by atoms with Gasteiger partial charge in [0.2, 0.25) is 0 Å². The molecule has 2 aromatic rings. The van der Waals surface area contributed by atoms with Crippen LogP contribution in [0.15, 0.2) is 6.33 Å². The summed E-state index contributed by atoms with van der Waals surface area (Å²) in [5.41, 5.74) is 0.774. The molecule has 1 unspecified atom stereocenters. The van der Waals surface area contributed by atoms with E-state index in [9.17, 15) is 8.42 Å². The van der Waals surface area contributed by atoms with Crippen molar-refractivity contribution in [3.8, 4) is 0 Å². The van der Waals surface area contributed by atoms with Gasteiger partial charge in [-0.05, 0) is 13.8 Å². The predicted molar refractivity (Wildman–Crippen MR) is 76.0 cm³/mol. The van der Waals surface area contributed by atoms with Crippen LogP contribution in [0.25, 0.3) is 5.78 Å². The predicted octanol–water partition coefficient (Wildman–Crippen LogP) is 0.709. The second kappa shape index (κ2) is 4.56. The van der Waals surface area contributed by atoms with Crippen LogP contribution in [0.4, 0.5) is 5.82 Å². The first-order chi connectivity index (χ1) is 9.39. The minimum atomic E-state index is -2.97. The highest BCUT2D eigenvalue weighted by atomic mass is 35.5. The zero-order chi connectivity index (χ0) is 14.5. The van der Waals surface area contributed by atoms with Crippen molar-refractivity contribution in [1.82, 2.24) is 19.6 Å². The molecular weight excluding hydrogens is 302 g/mol. The quantitative estimate of drug-likeness (QED) is 0.721. The van der Waals surface area contributed by atoms with E-state index < -0.39 is 9.84 Å². The maximum Gasteiger partial charge on any atom is 0.255 e. The topological polar surface area (TPSA) is 80.5 Å². The van der Waals surface area contributed by atoms with Crippen LogP contribution in [0.3, 0.4) is 0 Å². The molecule has 9 heteroatoms. The van der Waals surface area contributed by atoms with E-state index in [0.717, 1.165) is 11.4 Å². The van der Waals surface area contributed by atoms with Gasteiger partial charge in [0.1, 0.15) is 17.3 Å². The third-order valence-corrected chi connectivity index (χ3v) is 5.68. The van der Waals surface area contributed by atoms with E-state index in [2.05, 4.69) is 15.1 Å². The Hall–Kier alpha value is -1.41. The van der Waals surface area contributed by atoms with Crippen molar-refractivity contribution in [3.05, 3.63) is 17.0 Å². The number of anilines is 1. The Morgan fingerprint density at radius 2 is 2.20 bits per heavy atom. The highest BCUT2D eigenvalue weighted by Gasteiger charge is 2.31. The largest absolute Gasteiger partial charge is 0.351 e. The molecule has 0 bridgehead atoms. The third kappa shape index (κ3) is 2.12. The van der Waals surface area contributed by atoms with Gasteiger partial charge >= 0.3 is 0 Å². The first-order valence-corrected chi connectivity index (χ1v) is 8.42. The van der Waals surface area contributed by atoms with E-state index >= 15 is 0 Å². The van der Waals surface area contributed by atoms with Gasteiger partial charge in [0.05, 0.1) is 11.5 Å². The van der Waals surface area contributed by atoms with Crippen molar-refractivity contribution < 1.29 is 8.42 Å². The molecule has 3 rings (SSSR count). The van der Waals surface area contributed by atoms with Gasteiger partial charge in [-0.25, -0.2) is 8.42 Å². The zero-order valence-electron chi connectivity index (χ0n) is 11.1. The molecule has 3 heterocycles.